The van der Waals surface area contributed by atoms with Crippen molar-refractivity contribution in [2.24, 2.45) is 17.6 Å². The van der Waals surface area contributed by atoms with Gasteiger partial charge in [-0.2, -0.15) is 0 Å². The molecule has 1 aliphatic rings. The van der Waals surface area contributed by atoms with Crippen LogP contribution in [0.4, 0.5) is 8.78 Å². The minimum absolute atomic E-state index is 0.217. The van der Waals surface area contributed by atoms with Crippen LogP contribution >= 0.6 is 0 Å². The number of nitrogens with two attached hydrogens (primary N) is 1. The van der Waals surface area contributed by atoms with Gasteiger partial charge in [0, 0.05) is 6.42 Å². The zero-order valence-corrected chi connectivity index (χ0v) is 11.4. The van der Waals surface area contributed by atoms with Gasteiger partial charge in [0.25, 0.3) is 5.92 Å². The van der Waals surface area contributed by atoms with Gasteiger partial charge in [-0.1, -0.05) is 39.0 Å². The van der Waals surface area contributed by atoms with Crippen molar-refractivity contribution in [2.75, 3.05) is 6.54 Å². The predicted molar refractivity (Wildman–Crippen MR) is 69.6 cm³/mol. The minimum Gasteiger partial charge on any atom is -0.387 e. The maximum Gasteiger partial charge on any atom is 0.273 e. The zero-order valence-electron chi connectivity index (χ0n) is 11.4. The first-order chi connectivity index (χ1) is 8.45. The third-order valence-corrected chi connectivity index (χ3v) is 4.08. The van der Waals surface area contributed by atoms with Gasteiger partial charge in [-0.15, -0.1) is 0 Å². The van der Waals surface area contributed by atoms with E-state index in [2.05, 4.69) is 0 Å². The summed E-state index contributed by atoms with van der Waals surface area (Å²) >= 11 is 0. The predicted octanol–water partition coefficient (Wildman–Crippen LogP) is 3.33. The standard InChI is InChI=1S/C14H27F2NO/c1-11(10-17)9-14(15,16)13(18)8-7-12-5-3-2-4-6-12/h11-13,18H,2-10,17H2,1H3/t11?,13-/m1/s1. The van der Waals surface area contributed by atoms with Gasteiger partial charge in [0.15, 0.2) is 0 Å². The molecule has 1 saturated carbocycles. The summed E-state index contributed by atoms with van der Waals surface area (Å²) < 4.78 is 27.4. The van der Waals surface area contributed by atoms with E-state index in [9.17, 15) is 13.9 Å². The first-order valence-electron chi connectivity index (χ1n) is 7.21. The van der Waals surface area contributed by atoms with Crippen molar-refractivity contribution >= 4 is 0 Å². The van der Waals surface area contributed by atoms with E-state index in [1.54, 1.807) is 6.92 Å². The zero-order chi connectivity index (χ0) is 13.6. The van der Waals surface area contributed by atoms with Crippen molar-refractivity contribution in [2.45, 2.75) is 70.3 Å². The summed E-state index contributed by atoms with van der Waals surface area (Å²) in [6, 6.07) is 0. The Bertz CT molecular complexity index is 230. The highest BCUT2D eigenvalue weighted by Crippen LogP contribution is 2.33. The molecule has 0 aromatic heterocycles. The van der Waals surface area contributed by atoms with Gasteiger partial charge in [0.05, 0.1) is 0 Å². The Labute approximate surface area is 109 Å². The molecule has 0 aromatic rings. The average molecular weight is 263 g/mol. The second-order valence-corrected chi connectivity index (χ2v) is 5.90. The van der Waals surface area contributed by atoms with Crippen LogP contribution in [0.3, 0.4) is 0 Å². The van der Waals surface area contributed by atoms with Gasteiger partial charge in [-0.25, -0.2) is 8.78 Å². The topological polar surface area (TPSA) is 46.2 Å². The fraction of sp³-hybridized carbons (Fsp3) is 1.00. The molecule has 0 spiro atoms. The van der Waals surface area contributed by atoms with Crippen LogP contribution in [-0.4, -0.2) is 23.7 Å². The normalized spacial score (nSPS) is 21.8. The number of hydrogen-bond acceptors (Lipinski definition) is 2. The van der Waals surface area contributed by atoms with E-state index in [4.69, 9.17) is 5.73 Å². The van der Waals surface area contributed by atoms with Gasteiger partial charge in [-0.05, 0) is 31.2 Å². The van der Waals surface area contributed by atoms with Crippen LogP contribution in [-0.2, 0) is 0 Å². The van der Waals surface area contributed by atoms with Gasteiger partial charge in [0.2, 0.25) is 0 Å². The van der Waals surface area contributed by atoms with Crippen molar-refractivity contribution in [1.82, 2.24) is 0 Å². The summed E-state index contributed by atoms with van der Waals surface area (Å²) in [6.07, 6.45) is 5.09. The average Bonchev–Trinajstić information content (AvgIpc) is 2.36. The largest absolute Gasteiger partial charge is 0.387 e. The summed E-state index contributed by atoms with van der Waals surface area (Å²) in [7, 11) is 0. The third kappa shape index (κ3) is 5.19. The van der Waals surface area contributed by atoms with Crippen LogP contribution in [0.15, 0.2) is 0 Å². The fourth-order valence-electron chi connectivity index (χ4n) is 2.76. The molecule has 0 aromatic carbocycles. The van der Waals surface area contributed by atoms with Crippen molar-refractivity contribution < 1.29 is 13.9 Å². The summed E-state index contributed by atoms with van der Waals surface area (Å²) in [4.78, 5) is 0. The summed E-state index contributed by atoms with van der Waals surface area (Å²) in [5.41, 5.74) is 5.36. The first-order valence-corrected chi connectivity index (χ1v) is 7.21. The van der Waals surface area contributed by atoms with Crippen LogP contribution in [0.1, 0.15) is 58.3 Å². The Kier molecular flexibility index (Phi) is 6.50. The summed E-state index contributed by atoms with van der Waals surface area (Å²) in [5, 5.41) is 9.66. The number of hydrogen-bond donors (Lipinski definition) is 2. The Morgan fingerprint density at radius 1 is 1.28 bits per heavy atom. The second-order valence-electron chi connectivity index (χ2n) is 5.90. The lowest BCUT2D eigenvalue weighted by Gasteiger charge is -2.27. The molecular formula is C14H27F2NO. The molecule has 108 valence electrons. The second kappa shape index (κ2) is 7.39. The Balaban J connectivity index is 2.31. The molecule has 18 heavy (non-hydrogen) atoms. The molecule has 1 fully saturated rings. The highest BCUT2D eigenvalue weighted by molar-refractivity contribution is 4.80. The molecule has 2 atom stereocenters. The maximum atomic E-state index is 13.7. The van der Waals surface area contributed by atoms with Crippen molar-refractivity contribution in [3.8, 4) is 0 Å². The van der Waals surface area contributed by atoms with E-state index in [0.29, 0.717) is 5.92 Å². The Morgan fingerprint density at radius 2 is 1.89 bits per heavy atom. The van der Waals surface area contributed by atoms with Crippen molar-refractivity contribution in [1.29, 1.82) is 0 Å². The summed E-state index contributed by atoms with van der Waals surface area (Å²) in [6.45, 7) is 1.94. The van der Waals surface area contributed by atoms with Crippen LogP contribution in [0.25, 0.3) is 0 Å². The van der Waals surface area contributed by atoms with E-state index >= 15 is 0 Å². The molecule has 0 bridgehead atoms. The van der Waals surface area contributed by atoms with Crippen LogP contribution in [0.2, 0.25) is 0 Å². The fourth-order valence-corrected chi connectivity index (χ4v) is 2.76. The monoisotopic (exact) mass is 263 g/mol. The first kappa shape index (κ1) is 15.8. The molecule has 0 saturated heterocycles. The highest BCUT2D eigenvalue weighted by atomic mass is 19.3. The van der Waals surface area contributed by atoms with Gasteiger partial charge in [0.1, 0.15) is 6.10 Å². The lowest BCUT2D eigenvalue weighted by atomic mass is 9.84. The number of rotatable bonds is 7. The molecule has 0 aliphatic heterocycles. The number of halogens is 2. The summed E-state index contributed by atoms with van der Waals surface area (Å²) in [5.74, 6) is -2.70. The highest BCUT2D eigenvalue weighted by Gasteiger charge is 2.39. The minimum atomic E-state index is -2.99. The maximum absolute atomic E-state index is 13.7. The molecule has 0 radical (unpaired) electrons. The van der Waals surface area contributed by atoms with Crippen LogP contribution < -0.4 is 5.73 Å². The van der Waals surface area contributed by atoms with E-state index in [-0.39, 0.29) is 25.3 Å². The Hall–Kier alpha value is -0.220. The van der Waals surface area contributed by atoms with E-state index in [1.165, 1.54) is 19.3 Å². The SMILES string of the molecule is CC(CN)CC(F)(F)[C@H](O)CCC1CCCCC1. The van der Waals surface area contributed by atoms with Crippen LogP contribution in [0, 0.1) is 11.8 Å². The molecule has 0 heterocycles. The smallest absolute Gasteiger partial charge is 0.273 e. The van der Waals surface area contributed by atoms with Gasteiger partial charge >= 0.3 is 0 Å². The van der Waals surface area contributed by atoms with Gasteiger partial charge < -0.3 is 10.8 Å². The molecule has 1 aliphatic carbocycles. The molecule has 0 amide bonds. The van der Waals surface area contributed by atoms with Gasteiger partial charge in [-0.3, -0.25) is 0 Å². The molecular weight excluding hydrogens is 236 g/mol. The van der Waals surface area contributed by atoms with E-state index in [0.717, 1.165) is 19.3 Å². The number of aliphatic hydroxyl groups is 1. The number of aliphatic hydroxyl groups excluding tert-OH is 1. The molecule has 1 rings (SSSR count). The quantitative estimate of drug-likeness (QED) is 0.740. The Morgan fingerprint density at radius 3 is 2.44 bits per heavy atom. The molecule has 4 heteroatoms. The number of alkyl halides is 2. The molecule has 1 unspecified atom stereocenters. The lowest BCUT2D eigenvalue weighted by molar-refractivity contribution is -0.124. The van der Waals surface area contributed by atoms with E-state index < -0.39 is 12.0 Å². The van der Waals surface area contributed by atoms with E-state index in [1.807, 2.05) is 0 Å². The van der Waals surface area contributed by atoms with Crippen molar-refractivity contribution in [3.63, 3.8) is 0 Å². The molecule has 2 nitrogen and oxygen atoms in total. The molecule has 3 N–H and O–H groups in total. The van der Waals surface area contributed by atoms with Crippen LogP contribution in [0.5, 0.6) is 0 Å². The van der Waals surface area contributed by atoms with Crippen molar-refractivity contribution in [3.05, 3.63) is 0 Å². The lowest BCUT2D eigenvalue weighted by Crippen LogP contribution is -2.36. The third-order valence-electron chi connectivity index (χ3n) is 4.08.